The number of rotatable bonds is 4. The highest BCUT2D eigenvalue weighted by molar-refractivity contribution is 8.18. The lowest BCUT2D eigenvalue weighted by Crippen LogP contribution is -2.33. The van der Waals surface area contributed by atoms with Crippen LogP contribution in [0.5, 0.6) is 0 Å². The highest BCUT2D eigenvalue weighted by Crippen LogP contribution is 2.32. The van der Waals surface area contributed by atoms with Gasteiger partial charge in [-0.3, -0.25) is 14.5 Å². The Kier molecular flexibility index (Phi) is 4.69. The van der Waals surface area contributed by atoms with E-state index in [0.717, 1.165) is 23.0 Å². The Bertz CT molecular complexity index is 777. The molecule has 0 bridgehead atoms. The lowest BCUT2D eigenvalue weighted by molar-refractivity contribution is -0.122. The minimum Gasteiger partial charge on any atom is -0.367 e. The van der Waals surface area contributed by atoms with Crippen molar-refractivity contribution >= 4 is 46.3 Å². The number of thioether (sulfide) groups is 1. The first-order chi connectivity index (χ1) is 11.1. The number of hydrogen-bond acceptors (Lipinski definition) is 4. The summed E-state index contributed by atoms with van der Waals surface area (Å²) in [5.74, 6) is -0.293. The Morgan fingerprint density at radius 3 is 2.61 bits per heavy atom. The topological polar surface area (TPSA) is 49.4 Å². The van der Waals surface area contributed by atoms with Crippen LogP contribution in [0, 0.1) is 0 Å². The first-order valence-corrected chi connectivity index (χ1v) is 8.13. The van der Waals surface area contributed by atoms with Crippen molar-refractivity contribution in [1.82, 2.24) is 4.90 Å². The van der Waals surface area contributed by atoms with Crippen LogP contribution < -0.4 is 5.32 Å². The number of halogens is 1. The molecule has 2 amide bonds. The van der Waals surface area contributed by atoms with E-state index in [0.29, 0.717) is 9.93 Å². The third-order valence-electron chi connectivity index (χ3n) is 3.24. The van der Waals surface area contributed by atoms with E-state index in [4.69, 9.17) is 11.6 Å². The van der Waals surface area contributed by atoms with Crippen molar-refractivity contribution in [3.05, 3.63) is 70.1 Å². The maximum atomic E-state index is 12.4. The summed E-state index contributed by atoms with van der Waals surface area (Å²) in [5, 5.41) is 3.34. The first kappa shape index (κ1) is 15.6. The highest BCUT2D eigenvalue weighted by atomic mass is 35.5. The number of carbonyl (C=O) groups excluding carboxylic acids is 2. The molecule has 2 aromatic carbocycles. The summed E-state index contributed by atoms with van der Waals surface area (Å²) in [5.41, 5.74) is 1.64. The minimum atomic E-state index is -0.293. The third-order valence-corrected chi connectivity index (χ3v) is 4.38. The van der Waals surface area contributed by atoms with Crippen molar-refractivity contribution < 1.29 is 9.59 Å². The van der Waals surface area contributed by atoms with Crippen LogP contribution >= 0.6 is 23.4 Å². The Hall–Kier alpha value is -2.24. The standard InChI is InChI=1S/C17H13ClN2O2S/c18-13-7-4-8-14(10-13)19-11-20-16(21)15(23-17(20)22)9-12-5-2-1-3-6-12/h1-10,19H,11H2. The van der Waals surface area contributed by atoms with Crippen LogP contribution in [0.4, 0.5) is 10.5 Å². The van der Waals surface area contributed by atoms with Crippen LogP contribution in [-0.2, 0) is 4.79 Å². The van der Waals surface area contributed by atoms with Gasteiger partial charge in [-0.1, -0.05) is 48.0 Å². The van der Waals surface area contributed by atoms with Crippen molar-refractivity contribution in [3.63, 3.8) is 0 Å². The molecule has 1 N–H and O–H groups in total. The largest absolute Gasteiger partial charge is 0.367 e. The van der Waals surface area contributed by atoms with E-state index in [2.05, 4.69) is 5.32 Å². The molecule has 6 heteroatoms. The maximum absolute atomic E-state index is 12.4. The fraction of sp³-hybridized carbons (Fsp3) is 0.0588. The molecule has 0 aromatic heterocycles. The molecule has 1 aliphatic rings. The Morgan fingerprint density at radius 2 is 1.87 bits per heavy atom. The molecular weight excluding hydrogens is 332 g/mol. The fourth-order valence-corrected chi connectivity index (χ4v) is 3.13. The minimum absolute atomic E-state index is 0.108. The molecule has 0 atom stereocenters. The van der Waals surface area contributed by atoms with Gasteiger partial charge in [0.2, 0.25) is 0 Å². The summed E-state index contributed by atoms with van der Waals surface area (Å²) in [4.78, 5) is 26.0. The van der Waals surface area contributed by atoms with Crippen molar-refractivity contribution in [2.45, 2.75) is 0 Å². The predicted molar refractivity (Wildman–Crippen MR) is 94.2 cm³/mol. The van der Waals surface area contributed by atoms with Crippen LogP contribution in [0.3, 0.4) is 0 Å². The summed E-state index contributed by atoms with van der Waals surface area (Å²) < 4.78 is 0. The van der Waals surface area contributed by atoms with Crippen LogP contribution in [0.1, 0.15) is 5.56 Å². The van der Waals surface area contributed by atoms with Gasteiger partial charge in [0.1, 0.15) is 0 Å². The van der Waals surface area contributed by atoms with Gasteiger partial charge in [0.15, 0.2) is 0 Å². The van der Waals surface area contributed by atoms with E-state index >= 15 is 0 Å². The molecule has 0 spiro atoms. The molecule has 116 valence electrons. The molecule has 0 aliphatic carbocycles. The molecule has 4 nitrogen and oxygen atoms in total. The molecule has 1 heterocycles. The van der Waals surface area contributed by atoms with E-state index < -0.39 is 0 Å². The van der Waals surface area contributed by atoms with Crippen LogP contribution in [0.25, 0.3) is 6.08 Å². The number of amides is 2. The van der Waals surface area contributed by atoms with Crippen LogP contribution in [0.2, 0.25) is 5.02 Å². The average molecular weight is 345 g/mol. The molecule has 23 heavy (non-hydrogen) atoms. The second-order valence-corrected chi connectivity index (χ2v) is 6.30. The van der Waals surface area contributed by atoms with E-state index in [1.165, 1.54) is 4.90 Å². The summed E-state index contributed by atoms with van der Waals surface area (Å²) in [7, 11) is 0. The van der Waals surface area contributed by atoms with Crippen molar-refractivity contribution in [2.24, 2.45) is 0 Å². The monoisotopic (exact) mass is 344 g/mol. The molecule has 1 aliphatic heterocycles. The Balaban J connectivity index is 1.70. The highest BCUT2D eigenvalue weighted by Gasteiger charge is 2.34. The van der Waals surface area contributed by atoms with Crippen molar-refractivity contribution in [1.29, 1.82) is 0 Å². The fourth-order valence-electron chi connectivity index (χ4n) is 2.11. The number of anilines is 1. The molecule has 0 saturated carbocycles. The molecule has 3 rings (SSSR count). The van der Waals surface area contributed by atoms with Gasteiger partial charge in [0.05, 0.1) is 11.6 Å². The quantitative estimate of drug-likeness (QED) is 0.833. The third kappa shape index (κ3) is 3.75. The zero-order valence-corrected chi connectivity index (χ0v) is 13.6. The lowest BCUT2D eigenvalue weighted by atomic mass is 10.2. The second kappa shape index (κ2) is 6.89. The smallest absolute Gasteiger partial charge is 0.295 e. The van der Waals surface area contributed by atoms with Gasteiger partial charge in [-0.25, -0.2) is 0 Å². The zero-order chi connectivity index (χ0) is 16.2. The van der Waals surface area contributed by atoms with Gasteiger partial charge in [-0.2, -0.15) is 0 Å². The van der Waals surface area contributed by atoms with Crippen molar-refractivity contribution in [3.8, 4) is 0 Å². The average Bonchev–Trinajstić information content (AvgIpc) is 2.80. The summed E-state index contributed by atoms with van der Waals surface area (Å²) >= 11 is 6.86. The number of imide groups is 1. The summed E-state index contributed by atoms with van der Waals surface area (Å²) in [6.07, 6.45) is 1.73. The summed E-state index contributed by atoms with van der Waals surface area (Å²) in [6.45, 7) is 0.108. The molecule has 0 radical (unpaired) electrons. The van der Waals surface area contributed by atoms with Gasteiger partial charge >= 0.3 is 0 Å². The number of hydrogen-bond donors (Lipinski definition) is 1. The number of carbonyl (C=O) groups is 2. The van der Waals surface area contributed by atoms with Crippen LogP contribution in [-0.4, -0.2) is 22.7 Å². The van der Waals surface area contributed by atoms with E-state index in [-0.39, 0.29) is 17.8 Å². The van der Waals surface area contributed by atoms with Gasteiger partial charge in [0.25, 0.3) is 11.1 Å². The molecular formula is C17H13ClN2O2S. The summed E-state index contributed by atoms with van der Waals surface area (Å²) in [6, 6.07) is 16.6. The zero-order valence-electron chi connectivity index (χ0n) is 12.0. The first-order valence-electron chi connectivity index (χ1n) is 6.93. The molecule has 0 unspecified atom stereocenters. The van der Waals surface area contributed by atoms with Gasteiger partial charge < -0.3 is 5.32 Å². The van der Waals surface area contributed by atoms with Crippen LogP contribution in [0.15, 0.2) is 59.5 Å². The second-order valence-electron chi connectivity index (χ2n) is 4.87. The van der Waals surface area contributed by atoms with E-state index in [1.54, 1.807) is 24.3 Å². The lowest BCUT2D eigenvalue weighted by Gasteiger charge is -2.14. The van der Waals surface area contributed by atoms with Crippen molar-refractivity contribution in [2.75, 3.05) is 12.0 Å². The number of benzene rings is 2. The number of nitrogens with one attached hydrogen (secondary N) is 1. The van der Waals surface area contributed by atoms with E-state index in [9.17, 15) is 9.59 Å². The Morgan fingerprint density at radius 1 is 1.09 bits per heavy atom. The molecule has 2 aromatic rings. The normalized spacial score (nSPS) is 16.2. The maximum Gasteiger partial charge on any atom is 0.295 e. The van der Waals surface area contributed by atoms with Gasteiger partial charge in [-0.05, 0) is 41.6 Å². The molecule has 1 fully saturated rings. The Labute approximate surface area is 143 Å². The van der Waals surface area contributed by atoms with Gasteiger partial charge in [0, 0.05) is 10.7 Å². The predicted octanol–water partition coefficient (Wildman–Crippen LogP) is 4.45. The van der Waals surface area contributed by atoms with Gasteiger partial charge in [-0.15, -0.1) is 0 Å². The number of nitrogens with zero attached hydrogens (tertiary/aromatic N) is 1. The molecule has 1 saturated heterocycles. The van der Waals surface area contributed by atoms with E-state index in [1.807, 2.05) is 36.4 Å². The SMILES string of the molecule is O=C1SC(=Cc2ccccc2)C(=O)N1CNc1cccc(Cl)c1.